The molecule has 4 nitrogen and oxygen atoms in total. The Bertz CT molecular complexity index is 305. The molecule has 4 heteroatoms. The Hall–Kier alpha value is -1.84. The lowest BCUT2D eigenvalue weighted by molar-refractivity contribution is -0.150. The highest BCUT2D eigenvalue weighted by molar-refractivity contribution is 6.04. The minimum absolute atomic E-state index is 0.579. The van der Waals surface area contributed by atoms with Crippen LogP contribution >= 0.6 is 0 Å². The van der Waals surface area contributed by atoms with E-state index < -0.39 is 11.9 Å². The van der Waals surface area contributed by atoms with Gasteiger partial charge in [0.25, 0.3) is 0 Å². The highest BCUT2D eigenvalue weighted by Crippen LogP contribution is 1.93. The molecule has 1 aromatic heterocycles. The van der Waals surface area contributed by atoms with Gasteiger partial charge in [-0.1, -0.05) is 0 Å². The molecule has 2 rings (SSSR count). The molecule has 1 aromatic rings. The van der Waals surface area contributed by atoms with Gasteiger partial charge in [0.05, 0.1) is 6.26 Å². The number of furan rings is 1. The maximum Gasteiger partial charge on any atom is 0.338 e. The van der Waals surface area contributed by atoms with Gasteiger partial charge >= 0.3 is 11.9 Å². The second-order valence-electron chi connectivity index (χ2n) is 2.30. The molecule has 0 spiro atoms. The number of ether oxygens (including phenoxy) is 1. The fraction of sp³-hybridized carbons (Fsp3) is 0.111. The number of esters is 2. The zero-order chi connectivity index (χ0) is 9.68. The minimum Gasteiger partial charge on any atom is -0.470 e. The van der Waals surface area contributed by atoms with Gasteiger partial charge in [0.15, 0.2) is 0 Å². The van der Waals surface area contributed by atoms with E-state index in [0.29, 0.717) is 0 Å². The average molecular weight is 180 g/mol. The second-order valence-corrected chi connectivity index (χ2v) is 2.30. The number of rotatable bonds is 0. The number of carbonyl (C=O) groups excluding carboxylic acids is 2. The third kappa shape index (κ3) is 3.37. The molecule has 13 heavy (non-hydrogen) atoms. The van der Waals surface area contributed by atoms with Crippen molar-refractivity contribution in [1.82, 2.24) is 0 Å². The third-order valence-corrected chi connectivity index (χ3v) is 1.22. The Balaban J connectivity index is 0.000000132. The molecule has 1 aliphatic rings. The molecule has 68 valence electrons. The predicted octanol–water partition coefficient (Wildman–Crippen LogP) is 1.21. The monoisotopic (exact) mass is 180 g/mol. The van der Waals surface area contributed by atoms with Crippen LogP contribution in [0.2, 0.25) is 0 Å². The number of hydrogen-bond donors (Lipinski definition) is 0. The smallest absolute Gasteiger partial charge is 0.338 e. The number of hydrogen-bond acceptors (Lipinski definition) is 4. The lowest BCUT2D eigenvalue weighted by atomic mass is 10.5. The molecule has 0 radical (unpaired) electrons. The Labute approximate surface area is 74.8 Å². The molecule has 0 fully saturated rings. The summed E-state index contributed by atoms with van der Waals surface area (Å²) in [5.41, 5.74) is 0. The van der Waals surface area contributed by atoms with Crippen molar-refractivity contribution < 1.29 is 18.7 Å². The normalized spacial score (nSPS) is 13.6. The first-order chi connectivity index (χ1) is 6.18. The first-order valence-corrected chi connectivity index (χ1v) is 3.62. The lowest BCUT2D eigenvalue weighted by Crippen LogP contribution is -1.96. The van der Waals surface area contributed by atoms with E-state index in [4.69, 9.17) is 4.42 Å². The molecular weight excluding hydrogens is 172 g/mol. The zero-order valence-corrected chi connectivity index (χ0v) is 7.02. The van der Waals surface area contributed by atoms with Crippen LogP contribution in [0.1, 0.15) is 5.76 Å². The van der Waals surface area contributed by atoms with Crippen LogP contribution in [0.4, 0.5) is 0 Å². The van der Waals surface area contributed by atoms with E-state index in [-0.39, 0.29) is 0 Å². The van der Waals surface area contributed by atoms with Crippen LogP contribution in [0.5, 0.6) is 0 Å². The summed E-state index contributed by atoms with van der Waals surface area (Å²) in [6.45, 7) is 1.92. The number of cyclic esters (lactones) is 2. The van der Waals surface area contributed by atoms with Crippen LogP contribution in [0.3, 0.4) is 0 Å². The van der Waals surface area contributed by atoms with Gasteiger partial charge in [-0.05, 0) is 19.1 Å². The molecule has 1 aliphatic heterocycles. The van der Waals surface area contributed by atoms with Crippen LogP contribution in [0.15, 0.2) is 35.0 Å². The van der Waals surface area contributed by atoms with Gasteiger partial charge < -0.3 is 9.15 Å². The molecule has 0 saturated heterocycles. The second kappa shape index (κ2) is 4.25. The van der Waals surface area contributed by atoms with Gasteiger partial charge in [-0.15, -0.1) is 0 Å². The van der Waals surface area contributed by atoms with Gasteiger partial charge in [0.2, 0.25) is 0 Å². The fourth-order valence-corrected chi connectivity index (χ4v) is 0.664. The van der Waals surface area contributed by atoms with Crippen molar-refractivity contribution in [3.63, 3.8) is 0 Å². The fourth-order valence-electron chi connectivity index (χ4n) is 0.664. The van der Waals surface area contributed by atoms with Crippen molar-refractivity contribution in [1.29, 1.82) is 0 Å². The highest BCUT2D eigenvalue weighted by Gasteiger charge is 2.10. The van der Waals surface area contributed by atoms with Gasteiger partial charge in [-0.25, -0.2) is 9.59 Å². The number of aryl methyl sites for hydroxylation is 1. The van der Waals surface area contributed by atoms with Crippen molar-refractivity contribution in [2.45, 2.75) is 6.92 Å². The van der Waals surface area contributed by atoms with Crippen LogP contribution in [-0.2, 0) is 14.3 Å². The molecule has 0 amide bonds. The SMILES string of the molecule is Cc1ccco1.O=C1C=CC(=O)O1. The van der Waals surface area contributed by atoms with Gasteiger partial charge in [0, 0.05) is 12.2 Å². The van der Waals surface area contributed by atoms with Crippen molar-refractivity contribution in [3.8, 4) is 0 Å². The Morgan fingerprint density at radius 3 is 1.92 bits per heavy atom. The lowest BCUT2D eigenvalue weighted by Gasteiger charge is -1.80. The van der Waals surface area contributed by atoms with Gasteiger partial charge in [0.1, 0.15) is 5.76 Å². The van der Waals surface area contributed by atoms with E-state index in [2.05, 4.69) is 4.74 Å². The van der Waals surface area contributed by atoms with Gasteiger partial charge in [-0.2, -0.15) is 0 Å². The van der Waals surface area contributed by atoms with Crippen LogP contribution in [0, 0.1) is 6.92 Å². The maximum absolute atomic E-state index is 9.92. The topological polar surface area (TPSA) is 56.5 Å². The van der Waals surface area contributed by atoms with E-state index in [1.807, 2.05) is 19.1 Å². The van der Waals surface area contributed by atoms with E-state index in [0.717, 1.165) is 17.9 Å². The van der Waals surface area contributed by atoms with Crippen LogP contribution < -0.4 is 0 Å². The third-order valence-electron chi connectivity index (χ3n) is 1.22. The summed E-state index contributed by atoms with van der Waals surface area (Å²) in [7, 11) is 0. The van der Waals surface area contributed by atoms with Crippen molar-refractivity contribution in [2.24, 2.45) is 0 Å². The Morgan fingerprint density at radius 2 is 1.77 bits per heavy atom. The van der Waals surface area contributed by atoms with E-state index in [9.17, 15) is 9.59 Å². The summed E-state index contributed by atoms with van der Waals surface area (Å²) in [5, 5.41) is 0. The predicted molar refractivity (Wildman–Crippen MR) is 43.7 cm³/mol. The molecule has 0 aliphatic carbocycles. The molecule has 0 saturated carbocycles. The summed E-state index contributed by atoms with van der Waals surface area (Å²) in [6, 6.07) is 3.79. The summed E-state index contributed by atoms with van der Waals surface area (Å²) in [5.74, 6) is -0.190. The van der Waals surface area contributed by atoms with E-state index >= 15 is 0 Å². The minimum atomic E-state index is -0.579. The Morgan fingerprint density at radius 1 is 1.15 bits per heavy atom. The van der Waals surface area contributed by atoms with Crippen LogP contribution in [0.25, 0.3) is 0 Å². The largest absolute Gasteiger partial charge is 0.470 e. The number of carbonyl (C=O) groups is 2. The van der Waals surface area contributed by atoms with Crippen molar-refractivity contribution in [3.05, 3.63) is 36.3 Å². The summed E-state index contributed by atoms with van der Waals surface area (Å²) < 4.78 is 8.81. The molecule has 0 bridgehead atoms. The maximum atomic E-state index is 9.92. The van der Waals surface area contributed by atoms with E-state index in [1.165, 1.54) is 0 Å². The summed E-state index contributed by atoms with van der Waals surface area (Å²) in [4.78, 5) is 19.8. The van der Waals surface area contributed by atoms with Crippen molar-refractivity contribution in [2.75, 3.05) is 0 Å². The standard InChI is InChI=1S/C5H6O.C4H2O3/c1-5-3-2-4-6-5;5-3-1-2-4(6)7-3/h2-4H,1H3;1-2H. The molecule has 0 N–H and O–H groups in total. The quantitative estimate of drug-likeness (QED) is 0.445. The summed E-state index contributed by atoms with van der Waals surface area (Å²) >= 11 is 0. The van der Waals surface area contributed by atoms with Crippen LogP contribution in [-0.4, -0.2) is 11.9 Å². The van der Waals surface area contributed by atoms with Gasteiger partial charge in [-0.3, -0.25) is 0 Å². The molecule has 0 aromatic carbocycles. The Kier molecular flexibility index (Phi) is 3.03. The van der Waals surface area contributed by atoms with Crippen molar-refractivity contribution >= 4 is 11.9 Å². The average Bonchev–Trinajstić information content (AvgIpc) is 2.64. The summed E-state index contributed by atoms with van der Waals surface area (Å²) in [6.07, 6.45) is 3.83. The first kappa shape index (κ1) is 9.25. The van der Waals surface area contributed by atoms with E-state index in [1.54, 1.807) is 6.26 Å². The molecule has 0 atom stereocenters. The zero-order valence-electron chi connectivity index (χ0n) is 7.02. The first-order valence-electron chi connectivity index (χ1n) is 3.62. The molecule has 0 unspecified atom stereocenters. The molecular formula is C9H8O4. The molecule has 2 heterocycles. The highest BCUT2D eigenvalue weighted by atomic mass is 16.6.